The molecular formula is C24H12N4O2. The number of carbonyl (C=O) groups excluding carboxylic acids is 1. The van der Waals surface area contributed by atoms with Crippen LogP contribution in [0.1, 0.15) is 33.4 Å². The van der Waals surface area contributed by atoms with Gasteiger partial charge in [0.25, 0.3) is 0 Å². The van der Waals surface area contributed by atoms with Gasteiger partial charge in [-0.1, -0.05) is 48.5 Å². The van der Waals surface area contributed by atoms with Crippen molar-refractivity contribution in [1.82, 2.24) is 19.9 Å². The summed E-state index contributed by atoms with van der Waals surface area (Å²) in [7, 11) is 0. The molecule has 2 aliphatic carbocycles. The van der Waals surface area contributed by atoms with Crippen LogP contribution in [0.5, 0.6) is 0 Å². The van der Waals surface area contributed by atoms with E-state index in [4.69, 9.17) is 15.0 Å². The van der Waals surface area contributed by atoms with Crippen molar-refractivity contribution in [3.8, 4) is 22.5 Å². The molecule has 1 atom stereocenters. The molecule has 6 heteroatoms. The number of ketones is 1. The Kier molecular flexibility index (Phi) is 2.81. The number of hydrogen-bond acceptors (Lipinski definition) is 6. The molecule has 2 aliphatic rings. The number of carbonyl (C=O) groups is 1. The Hall–Kier alpha value is -4.03. The third-order valence-corrected chi connectivity index (χ3v) is 5.89. The molecular weight excluding hydrogens is 376 g/mol. The summed E-state index contributed by atoms with van der Waals surface area (Å²) in [6.07, 6.45) is -0.792. The second-order valence-corrected chi connectivity index (χ2v) is 7.57. The van der Waals surface area contributed by atoms with Gasteiger partial charge in [0, 0.05) is 16.7 Å². The molecule has 0 fully saturated rings. The summed E-state index contributed by atoms with van der Waals surface area (Å²) >= 11 is 0. The van der Waals surface area contributed by atoms with E-state index in [1.807, 2.05) is 54.6 Å². The van der Waals surface area contributed by atoms with Crippen molar-refractivity contribution in [1.29, 1.82) is 0 Å². The van der Waals surface area contributed by atoms with Gasteiger partial charge in [-0.05, 0) is 17.7 Å². The zero-order valence-electron chi connectivity index (χ0n) is 15.5. The number of benzene rings is 3. The second-order valence-electron chi connectivity index (χ2n) is 7.57. The van der Waals surface area contributed by atoms with Crippen molar-refractivity contribution in [2.75, 3.05) is 0 Å². The van der Waals surface area contributed by atoms with E-state index in [0.29, 0.717) is 50.4 Å². The fraction of sp³-hybridized carbons (Fsp3) is 0.0417. The fourth-order valence-electron chi connectivity index (χ4n) is 4.47. The molecule has 6 nitrogen and oxygen atoms in total. The van der Waals surface area contributed by atoms with Crippen molar-refractivity contribution in [2.24, 2.45) is 0 Å². The molecule has 2 heterocycles. The molecule has 0 radical (unpaired) electrons. The van der Waals surface area contributed by atoms with Gasteiger partial charge in [0.15, 0.2) is 0 Å². The van der Waals surface area contributed by atoms with Crippen molar-refractivity contribution in [2.45, 2.75) is 6.10 Å². The summed E-state index contributed by atoms with van der Waals surface area (Å²) in [6.45, 7) is 0. The van der Waals surface area contributed by atoms with Gasteiger partial charge >= 0.3 is 0 Å². The van der Waals surface area contributed by atoms with Crippen LogP contribution in [0.3, 0.4) is 0 Å². The maximum absolute atomic E-state index is 12.8. The van der Waals surface area contributed by atoms with Gasteiger partial charge < -0.3 is 5.11 Å². The maximum Gasteiger partial charge on any atom is 0.214 e. The molecule has 7 rings (SSSR count). The van der Waals surface area contributed by atoms with Gasteiger partial charge in [0.1, 0.15) is 23.2 Å². The first-order valence-corrected chi connectivity index (χ1v) is 9.64. The summed E-state index contributed by atoms with van der Waals surface area (Å²) < 4.78 is 0. The number of hydrogen-bond donors (Lipinski definition) is 1. The summed E-state index contributed by atoms with van der Waals surface area (Å²) in [4.78, 5) is 31.6. The zero-order valence-corrected chi connectivity index (χ0v) is 15.5. The predicted molar refractivity (Wildman–Crippen MR) is 111 cm³/mol. The summed E-state index contributed by atoms with van der Waals surface area (Å²) in [5, 5.41) is 10.7. The number of rotatable bonds is 0. The minimum Gasteiger partial charge on any atom is -0.382 e. The highest BCUT2D eigenvalue weighted by Gasteiger charge is 2.31. The third-order valence-electron chi connectivity index (χ3n) is 5.89. The quantitative estimate of drug-likeness (QED) is 0.398. The smallest absolute Gasteiger partial charge is 0.214 e. The number of aromatic nitrogens is 4. The lowest BCUT2D eigenvalue weighted by atomic mass is 10.1. The Morgan fingerprint density at radius 2 is 1.20 bits per heavy atom. The molecule has 0 amide bonds. The lowest BCUT2D eigenvalue weighted by molar-refractivity contribution is 0.103. The first kappa shape index (κ1) is 15.8. The number of nitrogens with zero attached hydrogens (tertiary/aromatic N) is 4. The SMILES string of the molecule is O=C1c2ccccc2-c2nc3cc4nc5c(nc4cc3nc21)-c1ccccc1C5O. The molecule has 0 spiro atoms. The van der Waals surface area contributed by atoms with Crippen LogP contribution >= 0.6 is 0 Å². The molecule has 1 unspecified atom stereocenters. The predicted octanol–water partition coefficient (Wildman–Crippen LogP) is 3.85. The monoisotopic (exact) mass is 388 g/mol. The number of fused-ring (bicyclic) bond motifs is 8. The average Bonchev–Trinajstić information content (AvgIpc) is 3.21. The Bertz CT molecular complexity index is 1590. The summed E-state index contributed by atoms with van der Waals surface area (Å²) in [6, 6.07) is 18.7. The standard InChI is InChI=1S/C24H12N4O2/c29-23-13-7-3-1-5-11(13)19-21(23)27-17-10-16-18(9-15(17)25-19)28-22-20(26-16)12-6-2-4-8-14(12)24(22)30/h1-10,23,29H. The van der Waals surface area contributed by atoms with Crippen LogP contribution in [-0.2, 0) is 0 Å². The first-order valence-electron chi connectivity index (χ1n) is 9.64. The van der Waals surface area contributed by atoms with Gasteiger partial charge in [0.05, 0.1) is 27.8 Å². The van der Waals surface area contributed by atoms with E-state index in [1.54, 1.807) is 6.07 Å². The highest BCUT2D eigenvalue weighted by Crippen LogP contribution is 2.42. The van der Waals surface area contributed by atoms with E-state index in [-0.39, 0.29) is 5.78 Å². The van der Waals surface area contributed by atoms with Crippen LogP contribution in [0.25, 0.3) is 44.6 Å². The Morgan fingerprint density at radius 3 is 1.97 bits per heavy atom. The molecule has 140 valence electrons. The molecule has 0 saturated heterocycles. The van der Waals surface area contributed by atoms with E-state index in [2.05, 4.69) is 4.98 Å². The van der Waals surface area contributed by atoms with E-state index in [1.165, 1.54) is 0 Å². The van der Waals surface area contributed by atoms with Crippen molar-refractivity contribution < 1.29 is 9.90 Å². The van der Waals surface area contributed by atoms with Crippen LogP contribution in [0.2, 0.25) is 0 Å². The molecule has 30 heavy (non-hydrogen) atoms. The lowest BCUT2D eigenvalue weighted by Gasteiger charge is -2.07. The molecule has 5 aromatic rings. The van der Waals surface area contributed by atoms with Gasteiger partial charge in [0.2, 0.25) is 5.78 Å². The lowest BCUT2D eigenvalue weighted by Crippen LogP contribution is -2.01. The summed E-state index contributed by atoms with van der Waals surface area (Å²) in [5.74, 6) is -0.104. The average molecular weight is 388 g/mol. The minimum absolute atomic E-state index is 0.104. The largest absolute Gasteiger partial charge is 0.382 e. The van der Waals surface area contributed by atoms with Gasteiger partial charge in [-0.2, -0.15) is 0 Å². The van der Waals surface area contributed by atoms with Crippen molar-refractivity contribution >= 4 is 27.9 Å². The van der Waals surface area contributed by atoms with Crippen molar-refractivity contribution in [3.05, 3.63) is 83.2 Å². The molecule has 0 bridgehead atoms. The van der Waals surface area contributed by atoms with Crippen LogP contribution in [0.4, 0.5) is 0 Å². The van der Waals surface area contributed by atoms with Crippen LogP contribution < -0.4 is 0 Å². The summed E-state index contributed by atoms with van der Waals surface area (Å²) in [5.41, 5.74) is 7.88. The van der Waals surface area contributed by atoms with Crippen LogP contribution in [0, 0.1) is 0 Å². The highest BCUT2D eigenvalue weighted by atomic mass is 16.3. The molecule has 2 aromatic heterocycles. The molecule has 1 N–H and O–H groups in total. The first-order chi connectivity index (χ1) is 14.7. The third kappa shape index (κ3) is 1.88. The van der Waals surface area contributed by atoms with Gasteiger partial charge in [-0.25, -0.2) is 19.9 Å². The Morgan fingerprint density at radius 1 is 0.633 bits per heavy atom. The fourth-order valence-corrected chi connectivity index (χ4v) is 4.47. The second kappa shape index (κ2) is 5.31. The minimum atomic E-state index is -0.792. The molecule has 0 saturated carbocycles. The van der Waals surface area contributed by atoms with Crippen LogP contribution in [-0.4, -0.2) is 30.8 Å². The van der Waals surface area contributed by atoms with E-state index >= 15 is 0 Å². The zero-order chi connectivity index (χ0) is 20.0. The number of aliphatic hydroxyl groups is 1. The van der Waals surface area contributed by atoms with Gasteiger partial charge in [-0.3, -0.25) is 4.79 Å². The maximum atomic E-state index is 12.8. The molecule has 0 aliphatic heterocycles. The number of aliphatic hydroxyl groups excluding tert-OH is 1. The highest BCUT2D eigenvalue weighted by molar-refractivity contribution is 6.20. The van der Waals surface area contributed by atoms with Crippen molar-refractivity contribution in [3.63, 3.8) is 0 Å². The van der Waals surface area contributed by atoms with Gasteiger partial charge in [-0.15, -0.1) is 0 Å². The normalized spacial score (nSPS) is 15.9. The van der Waals surface area contributed by atoms with E-state index in [9.17, 15) is 9.90 Å². The Balaban J connectivity index is 1.50. The van der Waals surface area contributed by atoms with E-state index in [0.717, 1.165) is 16.7 Å². The van der Waals surface area contributed by atoms with Crippen LogP contribution in [0.15, 0.2) is 60.7 Å². The topological polar surface area (TPSA) is 88.9 Å². The van der Waals surface area contributed by atoms with E-state index < -0.39 is 6.10 Å². The molecule has 3 aromatic carbocycles. The Labute approximate surface area is 169 Å².